The zero-order chi connectivity index (χ0) is 27.2. The van der Waals surface area contributed by atoms with Crippen LogP contribution in [0.5, 0.6) is 5.75 Å². The van der Waals surface area contributed by atoms with Crippen LogP contribution in [0.4, 0.5) is 26.3 Å². The number of aliphatic hydroxyl groups excluding tert-OH is 1. The third kappa shape index (κ3) is 6.23. The summed E-state index contributed by atoms with van der Waals surface area (Å²) in [5.74, 6) is -18.7. The van der Waals surface area contributed by atoms with Crippen LogP contribution in [0.1, 0.15) is 0 Å². The lowest BCUT2D eigenvalue weighted by Crippen LogP contribution is -2.50. The topological polar surface area (TPSA) is 159 Å². The van der Waals surface area contributed by atoms with Crippen LogP contribution in [0, 0.1) is 35.0 Å². The number of rotatable bonds is 12. The lowest BCUT2D eigenvalue weighted by molar-refractivity contribution is -0.136. The third-order valence-corrected chi connectivity index (χ3v) is 4.38. The molecule has 5 N–H and O–H groups in total. The lowest BCUT2D eigenvalue weighted by Gasteiger charge is -2.18. The van der Waals surface area contributed by atoms with Gasteiger partial charge in [0.05, 0.1) is 31.6 Å². The van der Waals surface area contributed by atoms with Crippen molar-refractivity contribution in [3.05, 3.63) is 35.0 Å². The van der Waals surface area contributed by atoms with Gasteiger partial charge < -0.3 is 25.9 Å². The van der Waals surface area contributed by atoms with Crippen molar-refractivity contribution in [2.75, 3.05) is 33.3 Å². The molecule has 17 heteroatoms. The van der Waals surface area contributed by atoms with E-state index in [4.69, 9.17) is 0 Å². The maximum Gasteiger partial charge on any atom is 0.253 e. The third-order valence-electron chi connectivity index (χ3n) is 4.38. The van der Waals surface area contributed by atoms with E-state index in [2.05, 4.69) is 15.1 Å². The number of aliphatic hydroxyl groups is 1. The SMILES string of the molecule is CNCC(=O)C(=O)CNC(=O)CNC(=O)[C@H](CO)NOc1c(F)c(F)nc2c(F)c(F)c(F)c(F)c12. The normalized spacial score (nSPS) is 11.8. The van der Waals surface area contributed by atoms with Gasteiger partial charge in [-0.25, -0.2) is 22.5 Å². The Morgan fingerprint density at radius 2 is 1.47 bits per heavy atom. The number of aromatic nitrogens is 1. The van der Waals surface area contributed by atoms with Crippen molar-refractivity contribution in [3.63, 3.8) is 0 Å². The number of hydroxylamine groups is 1. The summed E-state index contributed by atoms with van der Waals surface area (Å²) in [5, 5.41) is 14.3. The Morgan fingerprint density at radius 1 is 0.861 bits per heavy atom. The number of fused-ring (bicyclic) bond motifs is 1. The first-order chi connectivity index (χ1) is 16.9. The number of nitrogens with one attached hydrogen (secondary N) is 4. The number of amides is 2. The summed E-state index contributed by atoms with van der Waals surface area (Å²) in [6, 6.07) is -1.85. The molecular formula is C19H17F6N5O6. The van der Waals surface area contributed by atoms with Crippen LogP contribution in [-0.4, -0.2) is 72.8 Å². The second kappa shape index (κ2) is 12.2. The quantitative estimate of drug-likeness (QED) is 0.0580. The largest absolute Gasteiger partial charge is 0.404 e. The number of hydrogen-bond acceptors (Lipinski definition) is 9. The van der Waals surface area contributed by atoms with Gasteiger partial charge in [0.25, 0.3) is 5.95 Å². The Kier molecular flexibility index (Phi) is 9.65. The van der Waals surface area contributed by atoms with E-state index in [1.807, 2.05) is 10.6 Å². The molecule has 1 atom stereocenters. The van der Waals surface area contributed by atoms with E-state index in [1.54, 1.807) is 5.48 Å². The first kappa shape index (κ1) is 28.4. The van der Waals surface area contributed by atoms with E-state index in [-0.39, 0.29) is 6.54 Å². The maximum absolute atomic E-state index is 14.2. The second-order valence-electron chi connectivity index (χ2n) is 6.85. The van der Waals surface area contributed by atoms with Crippen molar-refractivity contribution in [1.82, 2.24) is 26.4 Å². The van der Waals surface area contributed by atoms with Gasteiger partial charge in [-0.15, -0.1) is 5.48 Å². The summed E-state index contributed by atoms with van der Waals surface area (Å²) in [6.07, 6.45) is 0. The van der Waals surface area contributed by atoms with Crippen LogP contribution in [0.25, 0.3) is 10.9 Å². The summed E-state index contributed by atoms with van der Waals surface area (Å²) in [5.41, 5.74) is 0.224. The van der Waals surface area contributed by atoms with E-state index >= 15 is 0 Å². The predicted molar refractivity (Wildman–Crippen MR) is 106 cm³/mol. The molecule has 0 fully saturated rings. The number of halogens is 6. The van der Waals surface area contributed by atoms with E-state index < -0.39 is 101 Å². The van der Waals surface area contributed by atoms with Crippen molar-refractivity contribution in [3.8, 4) is 5.75 Å². The average Bonchev–Trinajstić information content (AvgIpc) is 2.85. The summed E-state index contributed by atoms with van der Waals surface area (Å²) >= 11 is 0. The highest BCUT2D eigenvalue weighted by Gasteiger charge is 2.30. The maximum atomic E-state index is 14.2. The Balaban J connectivity index is 2.09. The summed E-state index contributed by atoms with van der Waals surface area (Å²) in [6.45, 7) is -2.82. The zero-order valence-corrected chi connectivity index (χ0v) is 18.1. The highest BCUT2D eigenvalue weighted by atomic mass is 19.2. The molecule has 0 spiro atoms. The second-order valence-corrected chi connectivity index (χ2v) is 6.85. The number of nitrogens with zero attached hydrogens (tertiary/aromatic N) is 1. The van der Waals surface area contributed by atoms with E-state index in [0.29, 0.717) is 0 Å². The number of Topliss-reactive ketones (excluding diaryl/α,β-unsaturated/α-hetero) is 2. The summed E-state index contributed by atoms with van der Waals surface area (Å²) < 4.78 is 83.0. The van der Waals surface area contributed by atoms with Gasteiger partial charge >= 0.3 is 0 Å². The Hall–Kier alpha value is -3.83. The van der Waals surface area contributed by atoms with Crippen LogP contribution in [0.2, 0.25) is 0 Å². The highest BCUT2D eigenvalue weighted by Crippen LogP contribution is 2.34. The molecule has 0 saturated heterocycles. The summed E-state index contributed by atoms with van der Waals surface area (Å²) in [7, 11) is 1.42. The molecule has 11 nitrogen and oxygen atoms in total. The number of carbonyl (C=O) groups is 4. The van der Waals surface area contributed by atoms with Crippen molar-refractivity contribution in [1.29, 1.82) is 0 Å². The first-order valence-corrected chi connectivity index (χ1v) is 9.73. The number of carbonyl (C=O) groups excluding carboxylic acids is 4. The molecule has 0 saturated carbocycles. The van der Waals surface area contributed by atoms with Crippen LogP contribution in [-0.2, 0) is 19.2 Å². The van der Waals surface area contributed by atoms with Crippen molar-refractivity contribution in [2.24, 2.45) is 0 Å². The molecule has 0 aliphatic heterocycles. The van der Waals surface area contributed by atoms with Crippen molar-refractivity contribution >= 4 is 34.3 Å². The van der Waals surface area contributed by atoms with E-state index in [0.717, 1.165) is 0 Å². The molecule has 2 amide bonds. The predicted octanol–water partition coefficient (Wildman–Crippen LogP) is -1.10. The Bertz CT molecular complexity index is 1210. The van der Waals surface area contributed by atoms with Crippen molar-refractivity contribution in [2.45, 2.75) is 6.04 Å². The van der Waals surface area contributed by atoms with Gasteiger partial charge in [0, 0.05) is 0 Å². The van der Waals surface area contributed by atoms with Gasteiger partial charge in [0.2, 0.25) is 29.2 Å². The van der Waals surface area contributed by atoms with Gasteiger partial charge in [-0.2, -0.15) is 8.78 Å². The minimum atomic E-state index is -2.38. The molecule has 0 unspecified atom stereocenters. The van der Waals surface area contributed by atoms with Crippen LogP contribution in [0.3, 0.4) is 0 Å². The van der Waals surface area contributed by atoms with Crippen molar-refractivity contribution < 1.29 is 55.5 Å². The van der Waals surface area contributed by atoms with Gasteiger partial charge in [-0.3, -0.25) is 19.2 Å². The van der Waals surface area contributed by atoms with Crippen LogP contribution >= 0.6 is 0 Å². The van der Waals surface area contributed by atoms with Gasteiger partial charge in [-0.05, 0) is 7.05 Å². The Labute approximate surface area is 197 Å². The fourth-order valence-electron chi connectivity index (χ4n) is 2.57. The number of ketones is 2. The molecule has 0 aliphatic carbocycles. The molecule has 1 heterocycles. The Morgan fingerprint density at radius 3 is 2.08 bits per heavy atom. The molecule has 36 heavy (non-hydrogen) atoms. The monoisotopic (exact) mass is 525 g/mol. The molecular weight excluding hydrogens is 508 g/mol. The molecule has 1 aromatic heterocycles. The average molecular weight is 525 g/mol. The number of hydrogen-bond donors (Lipinski definition) is 5. The molecule has 0 aliphatic rings. The minimum Gasteiger partial charge on any atom is -0.404 e. The number of pyridine rings is 1. The van der Waals surface area contributed by atoms with Gasteiger partial charge in [-0.1, -0.05) is 0 Å². The molecule has 196 valence electrons. The van der Waals surface area contributed by atoms with E-state index in [1.165, 1.54) is 7.05 Å². The molecule has 0 bridgehead atoms. The van der Waals surface area contributed by atoms with Crippen LogP contribution < -0.4 is 26.3 Å². The van der Waals surface area contributed by atoms with Gasteiger partial charge in [0.15, 0.2) is 29.0 Å². The highest BCUT2D eigenvalue weighted by molar-refractivity contribution is 6.39. The molecule has 0 radical (unpaired) electrons. The smallest absolute Gasteiger partial charge is 0.253 e. The molecule has 1 aromatic carbocycles. The lowest BCUT2D eigenvalue weighted by atomic mass is 10.1. The van der Waals surface area contributed by atoms with E-state index in [9.17, 15) is 50.6 Å². The molecule has 2 rings (SSSR count). The zero-order valence-electron chi connectivity index (χ0n) is 18.1. The van der Waals surface area contributed by atoms with Crippen LogP contribution in [0.15, 0.2) is 0 Å². The molecule has 2 aromatic rings. The first-order valence-electron chi connectivity index (χ1n) is 9.73. The number of likely N-dealkylation sites (N-methyl/N-ethyl adjacent to an activating group) is 1. The summed E-state index contributed by atoms with van der Waals surface area (Å²) in [4.78, 5) is 53.9. The van der Waals surface area contributed by atoms with Gasteiger partial charge in [0.1, 0.15) is 11.6 Å². The fourth-order valence-corrected chi connectivity index (χ4v) is 2.57. The number of benzene rings is 1. The minimum absolute atomic E-state index is 0.259. The fraction of sp³-hybridized carbons (Fsp3) is 0.316. The standard InChI is InChI=1S/C19H17F6N5O6/c1-26-2-7(32)8(33)3-27-9(34)4-28-19(35)6(5-31)30-36-17-10-11(20)12(21)13(22)14(23)16(10)29-18(25)15(17)24/h6,26,30-31H,2-5H2,1H3,(H,27,34)(H,28,35)/t6-/m0/s1.